The maximum Gasteiger partial charge on any atom is 0.260 e. The van der Waals surface area contributed by atoms with Crippen LogP contribution in [0.4, 0.5) is 0 Å². The van der Waals surface area contributed by atoms with Crippen LogP contribution in [0.3, 0.4) is 0 Å². The smallest absolute Gasteiger partial charge is 0.260 e. The summed E-state index contributed by atoms with van der Waals surface area (Å²) in [6.45, 7) is 7.81. The van der Waals surface area contributed by atoms with Crippen molar-refractivity contribution in [3.63, 3.8) is 0 Å². The molecule has 2 saturated heterocycles. The van der Waals surface area contributed by atoms with E-state index in [9.17, 15) is 14.4 Å². The molecule has 1 N–H and O–H groups in total. The second-order valence-corrected chi connectivity index (χ2v) is 8.89. The number of likely N-dealkylation sites (tertiary alicyclic amines) is 2. The Kier molecular flexibility index (Phi) is 7.93. The molecule has 2 aliphatic heterocycles. The molecule has 1 unspecified atom stereocenters. The van der Waals surface area contributed by atoms with Crippen molar-refractivity contribution in [2.24, 2.45) is 5.92 Å². The van der Waals surface area contributed by atoms with Crippen LogP contribution in [-0.4, -0.2) is 65.8 Å². The number of aryl methyl sites for hydroxylation is 1. The van der Waals surface area contributed by atoms with Crippen LogP contribution >= 0.6 is 0 Å². The second kappa shape index (κ2) is 10.6. The van der Waals surface area contributed by atoms with Gasteiger partial charge in [-0.15, -0.1) is 0 Å². The van der Waals surface area contributed by atoms with Crippen LogP contribution in [-0.2, 0) is 20.8 Å². The van der Waals surface area contributed by atoms with Crippen molar-refractivity contribution in [1.82, 2.24) is 15.1 Å². The van der Waals surface area contributed by atoms with Gasteiger partial charge in [-0.2, -0.15) is 0 Å². The third-order valence-electron chi connectivity index (χ3n) is 6.17. The minimum Gasteiger partial charge on any atom is -0.484 e. The van der Waals surface area contributed by atoms with E-state index >= 15 is 0 Å². The summed E-state index contributed by atoms with van der Waals surface area (Å²) in [6, 6.07) is 8.07. The molecule has 31 heavy (non-hydrogen) atoms. The van der Waals surface area contributed by atoms with E-state index in [4.69, 9.17) is 4.74 Å². The van der Waals surface area contributed by atoms with Crippen molar-refractivity contribution in [2.75, 3.05) is 26.2 Å². The van der Waals surface area contributed by atoms with Crippen molar-refractivity contribution >= 4 is 17.7 Å². The molecule has 3 amide bonds. The molecular formula is C24H35N3O4. The number of hydrogen-bond donors (Lipinski definition) is 1. The summed E-state index contributed by atoms with van der Waals surface area (Å²) < 4.78 is 5.65. The van der Waals surface area contributed by atoms with Crippen LogP contribution in [0.2, 0.25) is 0 Å². The van der Waals surface area contributed by atoms with Gasteiger partial charge in [0.15, 0.2) is 6.61 Å². The highest BCUT2D eigenvalue weighted by Gasteiger charge is 2.36. The van der Waals surface area contributed by atoms with Gasteiger partial charge in [0, 0.05) is 38.1 Å². The molecule has 2 aliphatic rings. The van der Waals surface area contributed by atoms with E-state index in [0.29, 0.717) is 25.4 Å². The van der Waals surface area contributed by atoms with E-state index in [1.54, 1.807) is 9.80 Å². The molecule has 1 aromatic carbocycles. The minimum atomic E-state index is -0.272. The van der Waals surface area contributed by atoms with Gasteiger partial charge >= 0.3 is 0 Å². The van der Waals surface area contributed by atoms with E-state index in [2.05, 4.69) is 12.2 Å². The first kappa shape index (κ1) is 23.1. The molecule has 0 aliphatic carbocycles. The maximum atomic E-state index is 12.6. The number of amides is 3. The molecular weight excluding hydrogens is 394 g/mol. The molecule has 170 valence electrons. The maximum absolute atomic E-state index is 12.6. The highest BCUT2D eigenvalue weighted by molar-refractivity contribution is 5.89. The number of nitrogens with zero attached hydrogens (tertiary/aromatic N) is 2. The van der Waals surface area contributed by atoms with Gasteiger partial charge in [0.05, 0.1) is 5.92 Å². The van der Waals surface area contributed by atoms with Gasteiger partial charge in [-0.1, -0.05) is 25.5 Å². The molecule has 0 radical (unpaired) electrons. The van der Waals surface area contributed by atoms with Gasteiger partial charge in [0.25, 0.3) is 5.91 Å². The Morgan fingerprint density at radius 1 is 1.16 bits per heavy atom. The number of carbonyl (C=O) groups excluding carboxylic acids is 3. The quantitative estimate of drug-likeness (QED) is 0.688. The van der Waals surface area contributed by atoms with Gasteiger partial charge in [0.2, 0.25) is 11.8 Å². The second-order valence-electron chi connectivity index (χ2n) is 8.89. The normalized spacial score (nSPS) is 19.7. The van der Waals surface area contributed by atoms with Gasteiger partial charge in [-0.05, 0) is 50.8 Å². The Balaban J connectivity index is 1.38. The van der Waals surface area contributed by atoms with Gasteiger partial charge in [0.1, 0.15) is 5.75 Å². The zero-order valence-corrected chi connectivity index (χ0v) is 18.9. The molecule has 0 spiro atoms. The average molecular weight is 430 g/mol. The van der Waals surface area contributed by atoms with Crippen molar-refractivity contribution in [3.8, 4) is 5.75 Å². The predicted molar refractivity (Wildman–Crippen MR) is 119 cm³/mol. The van der Waals surface area contributed by atoms with Gasteiger partial charge < -0.3 is 19.9 Å². The third kappa shape index (κ3) is 6.21. The topological polar surface area (TPSA) is 79.0 Å². The summed E-state index contributed by atoms with van der Waals surface area (Å²) in [5.41, 5.74) is 1.27. The van der Waals surface area contributed by atoms with E-state index in [-0.39, 0.29) is 48.8 Å². The van der Waals surface area contributed by atoms with Crippen LogP contribution < -0.4 is 10.1 Å². The number of carbonyl (C=O) groups is 3. The number of nitrogens with one attached hydrogen (secondary N) is 1. The monoisotopic (exact) mass is 429 g/mol. The largest absolute Gasteiger partial charge is 0.484 e. The molecule has 0 saturated carbocycles. The summed E-state index contributed by atoms with van der Waals surface area (Å²) in [6.07, 6.45) is 3.87. The Morgan fingerprint density at radius 2 is 1.84 bits per heavy atom. The standard InChI is InChI=1S/C24H35N3O4/c1-4-5-18-6-8-21(9-7-18)31-16-23(29)26-12-10-20(11-13-26)25-24(30)19-14-22(28)27(15-19)17(2)3/h6-9,17,19-20H,4-5,10-16H2,1-3H3,(H,25,30). The van der Waals surface area contributed by atoms with Crippen molar-refractivity contribution in [2.45, 2.75) is 65.0 Å². The van der Waals surface area contributed by atoms with Crippen molar-refractivity contribution in [1.29, 1.82) is 0 Å². The van der Waals surface area contributed by atoms with Gasteiger partial charge in [-0.25, -0.2) is 0 Å². The molecule has 7 nitrogen and oxygen atoms in total. The molecule has 0 aromatic heterocycles. The Bertz CT molecular complexity index is 770. The fourth-order valence-corrected chi connectivity index (χ4v) is 4.28. The van der Waals surface area contributed by atoms with E-state index < -0.39 is 0 Å². The average Bonchev–Trinajstić information content (AvgIpc) is 3.16. The lowest BCUT2D eigenvalue weighted by atomic mass is 10.0. The number of piperidine rings is 1. The van der Waals surface area contributed by atoms with E-state index in [1.165, 1.54) is 5.56 Å². The lowest BCUT2D eigenvalue weighted by Gasteiger charge is -2.32. The molecule has 7 heteroatoms. The zero-order valence-electron chi connectivity index (χ0n) is 18.9. The Hall–Kier alpha value is -2.57. The summed E-state index contributed by atoms with van der Waals surface area (Å²) in [7, 11) is 0. The number of benzene rings is 1. The first-order chi connectivity index (χ1) is 14.9. The molecule has 3 rings (SSSR count). The van der Waals surface area contributed by atoms with Gasteiger partial charge in [-0.3, -0.25) is 14.4 Å². The van der Waals surface area contributed by atoms with Crippen LogP contribution in [0.1, 0.15) is 52.0 Å². The molecule has 1 atom stereocenters. The lowest BCUT2D eigenvalue weighted by Crippen LogP contribution is -2.49. The first-order valence-corrected chi connectivity index (χ1v) is 11.5. The molecule has 1 aromatic rings. The molecule has 2 heterocycles. The third-order valence-corrected chi connectivity index (χ3v) is 6.17. The highest BCUT2D eigenvalue weighted by Crippen LogP contribution is 2.21. The fourth-order valence-electron chi connectivity index (χ4n) is 4.28. The van der Waals surface area contributed by atoms with Crippen molar-refractivity contribution < 1.29 is 19.1 Å². The summed E-state index contributed by atoms with van der Waals surface area (Å²) in [4.78, 5) is 40.7. The van der Waals surface area contributed by atoms with E-state index in [1.807, 2.05) is 38.1 Å². The molecule has 2 fully saturated rings. The Labute approximate surface area is 185 Å². The highest BCUT2D eigenvalue weighted by atomic mass is 16.5. The van der Waals surface area contributed by atoms with E-state index in [0.717, 1.165) is 25.7 Å². The lowest BCUT2D eigenvalue weighted by molar-refractivity contribution is -0.134. The van der Waals surface area contributed by atoms with Crippen molar-refractivity contribution in [3.05, 3.63) is 29.8 Å². The first-order valence-electron chi connectivity index (χ1n) is 11.5. The van der Waals surface area contributed by atoms with Crippen LogP contribution in [0.5, 0.6) is 5.75 Å². The van der Waals surface area contributed by atoms with Crippen LogP contribution in [0.15, 0.2) is 24.3 Å². The SMILES string of the molecule is CCCc1ccc(OCC(=O)N2CCC(NC(=O)C3CC(=O)N(C(C)C)C3)CC2)cc1. The summed E-state index contributed by atoms with van der Waals surface area (Å²) >= 11 is 0. The predicted octanol–water partition coefficient (Wildman–Crippen LogP) is 2.38. The van der Waals surface area contributed by atoms with Crippen LogP contribution in [0, 0.1) is 5.92 Å². The fraction of sp³-hybridized carbons (Fsp3) is 0.625. The number of rotatable bonds is 8. The van der Waals surface area contributed by atoms with Crippen LogP contribution in [0.25, 0.3) is 0 Å². The molecule has 0 bridgehead atoms. The zero-order chi connectivity index (χ0) is 22.4. The minimum absolute atomic E-state index is 0.0272. The number of ether oxygens (including phenoxy) is 1. The summed E-state index contributed by atoms with van der Waals surface area (Å²) in [5, 5.41) is 3.09. The summed E-state index contributed by atoms with van der Waals surface area (Å²) in [5.74, 6) is 0.409. The Morgan fingerprint density at radius 3 is 2.42 bits per heavy atom. The number of hydrogen-bond acceptors (Lipinski definition) is 4.